The summed E-state index contributed by atoms with van der Waals surface area (Å²) in [5, 5.41) is 2.88. The lowest BCUT2D eigenvalue weighted by Gasteiger charge is -2.15. The van der Waals surface area contributed by atoms with E-state index >= 15 is 0 Å². The molecular formula is C29H24F3N3O3S. The molecule has 1 atom stereocenters. The largest absolute Gasteiger partial charge is 0.416 e. The Bertz CT molecular complexity index is 1640. The molecule has 1 unspecified atom stereocenters. The average molecular weight is 552 g/mol. The van der Waals surface area contributed by atoms with E-state index in [9.17, 15) is 26.4 Å². The molecule has 4 aromatic rings. The molecule has 1 heterocycles. The minimum absolute atomic E-state index is 0.0934. The average Bonchev–Trinajstić information content (AvgIpc) is 3.29. The summed E-state index contributed by atoms with van der Waals surface area (Å²) in [7, 11) is -3.72. The van der Waals surface area contributed by atoms with Gasteiger partial charge in [0.2, 0.25) is 10.0 Å². The van der Waals surface area contributed by atoms with Crippen LogP contribution in [0.4, 0.5) is 18.9 Å². The Morgan fingerprint density at radius 2 is 1.69 bits per heavy atom. The number of anilines is 1. The predicted octanol–water partition coefficient (Wildman–Crippen LogP) is 5.77. The van der Waals surface area contributed by atoms with Crippen molar-refractivity contribution in [3.05, 3.63) is 113 Å². The summed E-state index contributed by atoms with van der Waals surface area (Å²) in [6, 6.07) is 18.0. The first-order valence-electron chi connectivity index (χ1n) is 12.1. The molecule has 3 aromatic carbocycles. The predicted molar refractivity (Wildman–Crippen MR) is 142 cm³/mol. The van der Waals surface area contributed by atoms with E-state index in [4.69, 9.17) is 0 Å². The van der Waals surface area contributed by atoms with Crippen LogP contribution >= 0.6 is 0 Å². The van der Waals surface area contributed by atoms with Crippen LogP contribution in [0.5, 0.6) is 0 Å². The molecule has 6 nitrogen and oxygen atoms in total. The number of aromatic nitrogens is 1. The minimum Gasteiger partial charge on any atom is -0.322 e. The molecule has 0 saturated carbocycles. The van der Waals surface area contributed by atoms with E-state index < -0.39 is 27.7 Å². The third-order valence-electron chi connectivity index (χ3n) is 6.68. The number of carbonyl (C=O) groups is 1. The highest BCUT2D eigenvalue weighted by molar-refractivity contribution is 7.89. The van der Waals surface area contributed by atoms with Crippen LogP contribution in [-0.4, -0.2) is 25.4 Å². The Morgan fingerprint density at radius 1 is 0.949 bits per heavy atom. The Kier molecular flexibility index (Phi) is 7.00. The fourth-order valence-electron chi connectivity index (χ4n) is 4.84. The van der Waals surface area contributed by atoms with Gasteiger partial charge in [0.25, 0.3) is 5.91 Å². The molecule has 5 rings (SSSR count). The smallest absolute Gasteiger partial charge is 0.322 e. The van der Waals surface area contributed by atoms with E-state index in [1.807, 2.05) is 12.1 Å². The van der Waals surface area contributed by atoms with Gasteiger partial charge in [-0.05, 0) is 90.0 Å². The highest BCUT2D eigenvalue weighted by Gasteiger charge is 2.30. The molecule has 0 radical (unpaired) electrons. The first kappa shape index (κ1) is 26.6. The van der Waals surface area contributed by atoms with Crippen molar-refractivity contribution in [1.82, 2.24) is 9.71 Å². The van der Waals surface area contributed by atoms with Crippen molar-refractivity contribution in [2.75, 3.05) is 5.32 Å². The van der Waals surface area contributed by atoms with Gasteiger partial charge in [-0.3, -0.25) is 9.78 Å². The highest BCUT2D eigenvalue weighted by atomic mass is 32.2. The number of benzene rings is 3. The van der Waals surface area contributed by atoms with Gasteiger partial charge in [-0.25, -0.2) is 13.1 Å². The number of nitrogens with one attached hydrogen (secondary N) is 2. The lowest BCUT2D eigenvalue weighted by molar-refractivity contribution is -0.137. The van der Waals surface area contributed by atoms with Crippen LogP contribution in [0.15, 0.2) is 90.1 Å². The number of sulfonamides is 1. The summed E-state index contributed by atoms with van der Waals surface area (Å²) in [4.78, 5) is 17.3. The molecule has 0 saturated heterocycles. The molecule has 39 heavy (non-hydrogen) atoms. The molecule has 0 spiro atoms. The quantitative estimate of drug-likeness (QED) is 0.318. The second-order valence-electron chi connectivity index (χ2n) is 9.43. The van der Waals surface area contributed by atoms with Crippen LogP contribution in [0.1, 0.15) is 32.6 Å². The van der Waals surface area contributed by atoms with Crippen molar-refractivity contribution in [3.63, 3.8) is 0 Å². The summed E-state index contributed by atoms with van der Waals surface area (Å²) >= 11 is 0. The molecule has 1 aliphatic rings. The fourth-order valence-corrected chi connectivity index (χ4v) is 6.04. The number of aryl methyl sites for hydroxylation is 1. The number of fused-ring (bicyclic) bond motifs is 1. The topological polar surface area (TPSA) is 88.2 Å². The lowest BCUT2D eigenvalue weighted by atomic mass is 9.93. The maximum atomic E-state index is 13.3. The normalized spacial score (nSPS) is 15.1. The van der Waals surface area contributed by atoms with Gasteiger partial charge in [0.1, 0.15) is 4.90 Å². The van der Waals surface area contributed by atoms with Crippen LogP contribution in [0, 0.1) is 6.92 Å². The van der Waals surface area contributed by atoms with E-state index in [0.717, 1.165) is 28.8 Å². The van der Waals surface area contributed by atoms with Gasteiger partial charge in [0, 0.05) is 29.7 Å². The van der Waals surface area contributed by atoms with Crippen LogP contribution < -0.4 is 10.0 Å². The van der Waals surface area contributed by atoms with Gasteiger partial charge in [0.05, 0.1) is 5.56 Å². The number of pyridine rings is 1. The summed E-state index contributed by atoms with van der Waals surface area (Å²) in [5.41, 5.74) is 3.81. The first-order valence-corrected chi connectivity index (χ1v) is 13.6. The Morgan fingerprint density at radius 3 is 2.38 bits per heavy atom. The molecule has 1 aliphatic carbocycles. The van der Waals surface area contributed by atoms with Crippen molar-refractivity contribution in [3.8, 4) is 11.1 Å². The van der Waals surface area contributed by atoms with Gasteiger partial charge >= 0.3 is 6.18 Å². The minimum atomic E-state index is -4.45. The second-order valence-corrected chi connectivity index (χ2v) is 11.1. The number of nitrogens with zero attached hydrogens (tertiary/aromatic N) is 1. The monoisotopic (exact) mass is 551 g/mol. The molecule has 2 N–H and O–H groups in total. The summed E-state index contributed by atoms with van der Waals surface area (Å²) in [6.45, 7) is 1.80. The highest BCUT2D eigenvalue weighted by Crippen LogP contribution is 2.34. The molecule has 0 aliphatic heterocycles. The number of amides is 1. The molecule has 200 valence electrons. The van der Waals surface area contributed by atoms with Gasteiger partial charge in [-0.1, -0.05) is 30.3 Å². The maximum Gasteiger partial charge on any atom is 0.416 e. The van der Waals surface area contributed by atoms with Gasteiger partial charge in [-0.2, -0.15) is 13.2 Å². The SMILES string of the molecule is Cc1cccc(C(=O)Nc2ccc3c(c2)CC(NS(=O)(=O)c2cccnc2)C3)c1-c1ccc(C(F)(F)F)cc1. The third kappa shape index (κ3) is 5.71. The van der Waals surface area contributed by atoms with Crippen LogP contribution in [0.3, 0.4) is 0 Å². The number of carbonyl (C=O) groups excluding carboxylic acids is 1. The molecule has 0 fully saturated rings. The van der Waals surface area contributed by atoms with E-state index in [-0.39, 0.29) is 10.9 Å². The van der Waals surface area contributed by atoms with Crippen molar-refractivity contribution in [2.24, 2.45) is 0 Å². The van der Waals surface area contributed by atoms with E-state index in [2.05, 4.69) is 15.0 Å². The molecular weight excluding hydrogens is 527 g/mol. The number of halogens is 3. The number of rotatable bonds is 6. The van der Waals surface area contributed by atoms with Gasteiger partial charge in [-0.15, -0.1) is 0 Å². The zero-order valence-corrected chi connectivity index (χ0v) is 21.6. The van der Waals surface area contributed by atoms with Gasteiger partial charge in [0.15, 0.2) is 0 Å². The Labute approximate surface area is 224 Å². The van der Waals surface area contributed by atoms with E-state index in [1.165, 1.54) is 30.6 Å². The van der Waals surface area contributed by atoms with Crippen molar-refractivity contribution >= 4 is 21.6 Å². The van der Waals surface area contributed by atoms with Crippen LogP contribution in [0.2, 0.25) is 0 Å². The maximum absolute atomic E-state index is 13.3. The number of hydrogen-bond acceptors (Lipinski definition) is 4. The summed E-state index contributed by atoms with van der Waals surface area (Å²) < 4.78 is 67.2. The molecule has 10 heteroatoms. The van der Waals surface area contributed by atoms with E-state index in [1.54, 1.807) is 37.3 Å². The van der Waals surface area contributed by atoms with Gasteiger partial charge < -0.3 is 5.32 Å². The zero-order chi connectivity index (χ0) is 27.8. The molecule has 1 amide bonds. The first-order chi connectivity index (χ1) is 18.5. The lowest BCUT2D eigenvalue weighted by Crippen LogP contribution is -2.35. The molecule has 0 bridgehead atoms. The number of hydrogen-bond donors (Lipinski definition) is 2. The number of alkyl halides is 3. The second kappa shape index (κ2) is 10.3. The summed E-state index contributed by atoms with van der Waals surface area (Å²) in [5.74, 6) is -0.402. The fraction of sp³-hybridized carbons (Fsp3) is 0.172. The Balaban J connectivity index is 1.33. The summed E-state index contributed by atoms with van der Waals surface area (Å²) in [6.07, 6.45) is -0.680. The Hall–Kier alpha value is -4.02. The van der Waals surface area contributed by atoms with E-state index in [0.29, 0.717) is 35.2 Å². The van der Waals surface area contributed by atoms with Crippen LogP contribution in [-0.2, 0) is 29.0 Å². The third-order valence-corrected chi connectivity index (χ3v) is 8.19. The van der Waals surface area contributed by atoms with Crippen molar-refractivity contribution < 1.29 is 26.4 Å². The zero-order valence-electron chi connectivity index (χ0n) is 20.8. The molecule has 1 aromatic heterocycles. The van der Waals surface area contributed by atoms with Crippen molar-refractivity contribution in [1.29, 1.82) is 0 Å². The standard InChI is InChI=1S/C29H24F3N3O3S/c1-18-4-2-6-26(27(18)19-7-10-22(11-8-19)29(30,31)32)28(36)34-23-12-9-20-14-24(16-21(20)15-23)35-39(37,38)25-5-3-13-33-17-25/h2-13,15,17,24,35H,14,16H2,1H3,(H,34,36). The van der Waals surface area contributed by atoms with Crippen molar-refractivity contribution in [2.45, 2.75) is 36.9 Å². The van der Waals surface area contributed by atoms with Crippen LogP contribution in [0.25, 0.3) is 11.1 Å².